The summed E-state index contributed by atoms with van der Waals surface area (Å²) in [5.74, 6) is 1.09. The lowest BCUT2D eigenvalue weighted by molar-refractivity contribution is 0.928. The van der Waals surface area contributed by atoms with Crippen LogP contribution in [0.3, 0.4) is 0 Å². The zero-order chi connectivity index (χ0) is 11.5. The molecular formula is C13H13N3S. The number of pyridine rings is 1. The van der Waals surface area contributed by atoms with Crippen LogP contribution >= 0.6 is 11.8 Å². The molecule has 1 aliphatic rings. The number of amidine groups is 1. The number of rotatable bonds is 2. The monoisotopic (exact) mass is 243 g/mol. The van der Waals surface area contributed by atoms with Crippen molar-refractivity contribution in [3.05, 3.63) is 42.1 Å². The molecule has 0 fully saturated rings. The Balaban J connectivity index is 1.84. The van der Waals surface area contributed by atoms with Gasteiger partial charge in [0.25, 0.3) is 0 Å². The molecule has 1 aromatic carbocycles. The van der Waals surface area contributed by atoms with E-state index >= 15 is 0 Å². The second-order valence-electron chi connectivity index (χ2n) is 3.88. The number of fused-ring (bicyclic) bond motifs is 1. The van der Waals surface area contributed by atoms with E-state index in [0.29, 0.717) is 0 Å². The summed E-state index contributed by atoms with van der Waals surface area (Å²) in [6.07, 6.45) is 1.84. The van der Waals surface area contributed by atoms with Crippen molar-refractivity contribution in [2.45, 2.75) is 6.54 Å². The molecule has 0 aliphatic carbocycles. The third kappa shape index (κ3) is 2.26. The zero-order valence-corrected chi connectivity index (χ0v) is 10.2. The number of aromatic nitrogens is 1. The van der Waals surface area contributed by atoms with Gasteiger partial charge in [-0.3, -0.25) is 9.98 Å². The van der Waals surface area contributed by atoms with Crippen molar-refractivity contribution in [2.24, 2.45) is 4.99 Å². The van der Waals surface area contributed by atoms with E-state index in [9.17, 15) is 0 Å². The normalized spacial score (nSPS) is 14.9. The lowest BCUT2D eigenvalue weighted by Gasteiger charge is -2.07. The number of para-hydroxylation sites is 1. The molecule has 3 rings (SSSR count). The van der Waals surface area contributed by atoms with Crippen molar-refractivity contribution in [1.29, 1.82) is 0 Å². The molecular weight excluding hydrogens is 230 g/mol. The Labute approximate surface area is 104 Å². The van der Waals surface area contributed by atoms with E-state index in [2.05, 4.69) is 39.6 Å². The van der Waals surface area contributed by atoms with E-state index in [1.54, 1.807) is 11.8 Å². The Morgan fingerprint density at radius 3 is 3.06 bits per heavy atom. The van der Waals surface area contributed by atoms with Gasteiger partial charge in [0.2, 0.25) is 0 Å². The highest BCUT2D eigenvalue weighted by Gasteiger charge is 2.07. The van der Waals surface area contributed by atoms with Gasteiger partial charge < -0.3 is 5.32 Å². The predicted octanol–water partition coefficient (Wildman–Crippen LogP) is 2.43. The summed E-state index contributed by atoms with van der Waals surface area (Å²) in [5, 5.41) is 5.60. The van der Waals surface area contributed by atoms with Gasteiger partial charge in [-0.2, -0.15) is 0 Å². The molecule has 0 amide bonds. The molecule has 2 aromatic rings. The largest absolute Gasteiger partial charge is 0.361 e. The summed E-state index contributed by atoms with van der Waals surface area (Å²) in [5.41, 5.74) is 2.30. The minimum Gasteiger partial charge on any atom is -0.361 e. The minimum absolute atomic E-state index is 0.792. The standard InChI is InChI=1S/C13H13N3S/c1-3-10-5-2-6-14-12(10)11(4-1)9-16-13-15-7-8-17-13/h1-6H,7-9H2,(H,15,16). The molecule has 17 heavy (non-hydrogen) atoms. The summed E-state index contributed by atoms with van der Waals surface area (Å²) in [6, 6.07) is 10.3. The summed E-state index contributed by atoms with van der Waals surface area (Å²) >= 11 is 1.79. The first kappa shape index (κ1) is 10.6. The van der Waals surface area contributed by atoms with Crippen molar-refractivity contribution in [2.75, 3.05) is 12.3 Å². The Bertz CT molecular complexity index is 560. The Morgan fingerprint density at radius 1 is 1.24 bits per heavy atom. The van der Waals surface area contributed by atoms with Crippen LogP contribution in [0.25, 0.3) is 10.9 Å². The minimum atomic E-state index is 0.792. The summed E-state index contributed by atoms with van der Waals surface area (Å²) in [4.78, 5) is 8.82. The van der Waals surface area contributed by atoms with Crippen LogP contribution in [0.15, 0.2) is 41.5 Å². The maximum absolute atomic E-state index is 4.44. The zero-order valence-electron chi connectivity index (χ0n) is 9.39. The van der Waals surface area contributed by atoms with E-state index in [1.807, 2.05) is 12.3 Å². The molecule has 1 aromatic heterocycles. The average molecular weight is 243 g/mol. The summed E-state index contributed by atoms with van der Waals surface area (Å²) < 4.78 is 0. The van der Waals surface area contributed by atoms with Crippen LogP contribution < -0.4 is 5.32 Å². The van der Waals surface area contributed by atoms with Crippen LogP contribution in [0.5, 0.6) is 0 Å². The van der Waals surface area contributed by atoms with E-state index in [-0.39, 0.29) is 0 Å². The van der Waals surface area contributed by atoms with Gasteiger partial charge in [0, 0.05) is 23.9 Å². The summed E-state index contributed by atoms with van der Waals surface area (Å²) in [7, 11) is 0. The first-order valence-electron chi connectivity index (χ1n) is 5.67. The second kappa shape index (κ2) is 4.75. The second-order valence-corrected chi connectivity index (χ2v) is 4.96. The number of nitrogens with one attached hydrogen (secondary N) is 1. The van der Waals surface area contributed by atoms with Crippen LogP contribution in [0.4, 0.5) is 0 Å². The SMILES string of the molecule is c1cnc2c(CNC3=NCCS3)cccc2c1. The van der Waals surface area contributed by atoms with Gasteiger partial charge in [-0.25, -0.2) is 0 Å². The predicted molar refractivity (Wildman–Crippen MR) is 73.3 cm³/mol. The van der Waals surface area contributed by atoms with Crippen molar-refractivity contribution in [3.8, 4) is 0 Å². The average Bonchev–Trinajstić information content (AvgIpc) is 2.89. The molecule has 0 saturated carbocycles. The van der Waals surface area contributed by atoms with Crippen molar-refractivity contribution >= 4 is 27.8 Å². The fourth-order valence-corrected chi connectivity index (χ4v) is 2.66. The fraction of sp³-hybridized carbons (Fsp3) is 0.231. The lowest BCUT2D eigenvalue weighted by Crippen LogP contribution is -2.18. The van der Waals surface area contributed by atoms with Gasteiger partial charge in [-0.15, -0.1) is 0 Å². The Hall–Kier alpha value is -1.55. The lowest BCUT2D eigenvalue weighted by atomic mass is 10.1. The molecule has 1 N–H and O–H groups in total. The van der Waals surface area contributed by atoms with E-state index in [1.165, 1.54) is 10.9 Å². The number of thioether (sulfide) groups is 1. The Morgan fingerprint density at radius 2 is 2.18 bits per heavy atom. The van der Waals surface area contributed by atoms with Crippen LogP contribution in [-0.4, -0.2) is 22.4 Å². The van der Waals surface area contributed by atoms with Crippen molar-refractivity contribution in [1.82, 2.24) is 10.3 Å². The molecule has 0 bridgehead atoms. The number of hydrogen-bond acceptors (Lipinski definition) is 4. The number of nitrogens with zero attached hydrogens (tertiary/aromatic N) is 2. The van der Waals surface area contributed by atoms with Crippen molar-refractivity contribution < 1.29 is 0 Å². The van der Waals surface area contributed by atoms with Crippen LogP contribution in [-0.2, 0) is 6.54 Å². The van der Waals surface area contributed by atoms with Gasteiger partial charge in [0.1, 0.15) is 0 Å². The molecule has 86 valence electrons. The fourth-order valence-electron chi connectivity index (χ4n) is 1.92. The topological polar surface area (TPSA) is 37.3 Å². The molecule has 4 heteroatoms. The van der Waals surface area contributed by atoms with Gasteiger partial charge in [0.15, 0.2) is 5.17 Å². The third-order valence-corrected chi connectivity index (χ3v) is 3.67. The highest BCUT2D eigenvalue weighted by Crippen LogP contribution is 2.16. The van der Waals surface area contributed by atoms with Crippen LogP contribution in [0.2, 0.25) is 0 Å². The van der Waals surface area contributed by atoms with Gasteiger partial charge in [-0.05, 0) is 11.6 Å². The first-order chi connectivity index (χ1) is 8.43. The van der Waals surface area contributed by atoms with E-state index < -0.39 is 0 Å². The maximum atomic E-state index is 4.44. The molecule has 0 saturated heterocycles. The number of aliphatic imine (C=N–C) groups is 1. The molecule has 0 radical (unpaired) electrons. The first-order valence-corrected chi connectivity index (χ1v) is 6.66. The Kier molecular flexibility index (Phi) is 2.96. The highest BCUT2D eigenvalue weighted by molar-refractivity contribution is 8.14. The molecule has 3 nitrogen and oxygen atoms in total. The molecule has 0 atom stereocenters. The summed E-state index contributed by atoms with van der Waals surface area (Å²) in [6.45, 7) is 1.72. The molecule has 2 heterocycles. The van der Waals surface area contributed by atoms with E-state index in [0.717, 1.165) is 29.5 Å². The smallest absolute Gasteiger partial charge is 0.156 e. The number of benzene rings is 1. The third-order valence-electron chi connectivity index (χ3n) is 2.73. The van der Waals surface area contributed by atoms with Gasteiger partial charge in [-0.1, -0.05) is 36.0 Å². The quantitative estimate of drug-likeness (QED) is 0.880. The maximum Gasteiger partial charge on any atom is 0.156 e. The van der Waals surface area contributed by atoms with E-state index in [4.69, 9.17) is 0 Å². The van der Waals surface area contributed by atoms with Crippen LogP contribution in [0.1, 0.15) is 5.56 Å². The molecule has 1 aliphatic heterocycles. The van der Waals surface area contributed by atoms with Crippen LogP contribution in [0, 0.1) is 0 Å². The highest BCUT2D eigenvalue weighted by atomic mass is 32.2. The van der Waals surface area contributed by atoms with Crippen molar-refractivity contribution in [3.63, 3.8) is 0 Å². The van der Waals surface area contributed by atoms with Gasteiger partial charge >= 0.3 is 0 Å². The molecule has 0 unspecified atom stereocenters. The van der Waals surface area contributed by atoms with Gasteiger partial charge in [0.05, 0.1) is 12.1 Å². The number of hydrogen-bond donors (Lipinski definition) is 1. The molecule has 0 spiro atoms.